The first-order chi connectivity index (χ1) is 6.14. The van der Waals surface area contributed by atoms with E-state index in [-0.39, 0.29) is 29.7 Å². The van der Waals surface area contributed by atoms with E-state index in [0.717, 1.165) is 6.42 Å². The molecule has 0 N–H and O–H groups in total. The van der Waals surface area contributed by atoms with Gasteiger partial charge < -0.3 is 4.74 Å². The Hall–Kier alpha value is -1.12. The van der Waals surface area contributed by atoms with E-state index in [0.29, 0.717) is 0 Å². The fourth-order valence-electron chi connectivity index (χ4n) is 3.06. The molecule has 1 saturated heterocycles. The first-order valence-electron chi connectivity index (χ1n) is 4.58. The van der Waals surface area contributed by atoms with E-state index in [1.807, 2.05) is 6.92 Å². The minimum absolute atomic E-state index is 0.199. The molecule has 68 valence electrons. The normalized spacial score (nSPS) is 51.3. The van der Waals surface area contributed by atoms with E-state index < -0.39 is 5.41 Å². The molecular formula is C10H10O3. The molecule has 2 fully saturated rings. The van der Waals surface area contributed by atoms with Crippen molar-refractivity contribution in [1.29, 1.82) is 0 Å². The standard InChI is InChI=1S/C10H10O3/c1-10-6-3-2-5(4-6)7(10)8(11)13-9(10)12/h2-3,5-7H,4H2,1H3/t5-,6+,7+,10-/m0/s1. The fraction of sp³-hybridized carbons (Fsp3) is 0.600. The van der Waals surface area contributed by atoms with Crippen LogP contribution in [0.25, 0.3) is 0 Å². The van der Waals surface area contributed by atoms with Crippen molar-refractivity contribution in [2.24, 2.45) is 23.2 Å². The van der Waals surface area contributed by atoms with E-state index in [2.05, 4.69) is 12.2 Å². The molecule has 3 aliphatic rings. The number of hydrogen-bond acceptors (Lipinski definition) is 3. The van der Waals surface area contributed by atoms with Crippen LogP contribution in [0.4, 0.5) is 0 Å². The van der Waals surface area contributed by atoms with Gasteiger partial charge in [-0.1, -0.05) is 12.2 Å². The fourth-order valence-corrected chi connectivity index (χ4v) is 3.06. The van der Waals surface area contributed by atoms with E-state index >= 15 is 0 Å². The van der Waals surface area contributed by atoms with Crippen LogP contribution in [0.5, 0.6) is 0 Å². The molecule has 1 aliphatic heterocycles. The number of hydrogen-bond donors (Lipinski definition) is 0. The lowest BCUT2D eigenvalue weighted by Gasteiger charge is -2.25. The highest BCUT2D eigenvalue weighted by Gasteiger charge is 2.66. The van der Waals surface area contributed by atoms with Gasteiger partial charge >= 0.3 is 11.9 Å². The number of carbonyl (C=O) groups excluding carboxylic acids is 2. The molecule has 0 spiro atoms. The van der Waals surface area contributed by atoms with Crippen LogP contribution < -0.4 is 0 Å². The summed E-state index contributed by atoms with van der Waals surface area (Å²) in [6.45, 7) is 1.86. The Morgan fingerprint density at radius 1 is 1.46 bits per heavy atom. The van der Waals surface area contributed by atoms with Gasteiger partial charge in [-0.3, -0.25) is 9.59 Å². The highest BCUT2D eigenvalue weighted by Crippen LogP contribution is 2.59. The molecule has 3 rings (SSSR count). The van der Waals surface area contributed by atoms with Gasteiger partial charge in [0.25, 0.3) is 0 Å². The van der Waals surface area contributed by atoms with Gasteiger partial charge in [-0.05, 0) is 25.2 Å². The van der Waals surface area contributed by atoms with Gasteiger partial charge in [-0.15, -0.1) is 0 Å². The Morgan fingerprint density at radius 2 is 2.23 bits per heavy atom. The van der Waals surface area contributed by atoms with Crippen LogP contribution >= 0.6 is 0 Å². The molecular weight excluding hydrogens is 168 g/mol. The Morgan fingerprint density at radius 3 is 2.92 bits per heavy atom. The lowest BCUT2D eigenvalue weighted by Crippen LogP contribution is -2.34. The molecule has 1 saturated carbocycles. The monoisotopic (exact) mass is 178 g/mol. The van der Waals surface area contributed by atoms with Crippen molar-refractivity contribution in [2.75, 3.05) is 0 Å². The highest BCUT2D eigenvalue weighted by molar-refractivity contribution is 6.00. The number of ether oxygens (including phenoxy) is 1. The summed E-state index contributed by atoms with van der Waals surface area (Å²) >= 11 is 0. The summed E-state index contributed by atoms with van der Waals surface area (Å²) in [4.78, 5) is 22.9. The number of allylic oxidation sites excluding steroid dienone is 2. The molecule has 2 bridgehead atoms. The Labute approximate surface area is 75.8 Å². The second-order valence-corrected chi connectivity index (χ2v) is 4.36. The van der Waals surface area contributed by atoms with Crippen molar-refractivity contribution >= 4 is 11.9 Å². The summed E-state index contributed by atoms with van der Waals surface area (Å²) < 4.78 is 4.69. The zero-order valence-corrected chi connectivity index (χ0v) is 7.32. The summed E-state index contributed by atoms with van der Waals surface area (Å²) in [6.07, 6.45) is 5.06. The number of rotatable bonds is 0. The maximum Gasteiger partial charge on any atom is 0.320 e. The third-order valence-electron chi connectivity index (χ3n) is 3.85. The Bertz CT molecular complexity index is 344. The van der Waals surface area contributed by atoms with Crippen LogP contribution in [-0.4, -0.2) is 11.9 Å². The Kier molecular flexibility index (Phi) is 1.05. The zero-order chi connectivity index (χ0) is 9.22. The van der Waals surface area contributed by atoms with Gasteiger partial charge in [0.2, 0.25) is 0 Å². The number of esters is 2. The maximum absolute atomic E-state index is 11.5. The molecule has 0 aromatic carbocycles. The van der Waals surface area contributed by atoms with E-state index in [4.69, 9.17) is 4.74 Å². The van der Waals surface area contributed by atoms with E-state index in [9.17, 15) is 9.59 Å². The zero-order valence-electron chi connectivity index (χ0n) is 7.32. The molecule has 3 nitrogen and oxygen atoms in total. The summed E-state index contributed by atoms with van der Waals surface area (Å²) in [5, 5.41) is 0. The minimum Gasteiger partial charge on any atom is -0.392 e. The van der Waals surface area contributed by atoms with Crippen LogP contribution in [0.2, 0.25) is 0 Å². The first kappa shape index (κ1) is 7.30. The maximum atomic E-state index is 11.5. The van der Waals surface area contributed by atoms with Gasteiger partial charge in [-0.2, -0.15) is 0 Å². The summed E-state index contributed by atoms with van der Waals surface area (Å²) in [7, 11) is 0. The van der Waals surface area contributed by atoms with Gasteiger partial charge in [-0.25, -0.2) is 0 Å². The molecule has 1 heterocycles. The summed E-state index contributed by atoms with van der Waals surface area (Å²) in [6, 6.07) is 0. The second-order valence-electron chi connectivity index (χ2n) is 4.36. The largest absolute Gasteiger partial charge is 0.392 e. The minimum atomic E-state index is -0.545. The third-order valence-corrected chi connectivity index (χ3v) is 3.85. The predicted molar refractivity (Wildman–Crippen MR) is 43.4 cm³/mol. The topological polar surface area (TPSA) is 43.4 Å². The van der Waals surface area contributed by atoms with Crippen LogP contribution in [0.15, 0.2) is 12.2 Å². The van der Waals surface area contributed by atoms with Gasteiger partial charge in [0.1, 0.15) is 0 Å². The smallest absolute Gasteiger partial charge is 0.320 e. The number of carbonyl (C=O) groups is 2. The predicted octanol–water partition coefficient (Wildman–Crippen LogP) is 0.898. The quantitative estimate of drug-likeness (QED) is 0.314. The van der Waals surface area contributed by atoms with Gasteiger partial charge in [0.15, 0.2) is 0 Å². The first-order valence-corrected chi connectivity index (χ1v) is 4.58. The van der Waals surface area contributed by atoms with Crippen molar-refractivity contribution < 1.29 is 14.3 Å². The van der Waals surface area contributed by atoms with Crippen molar-refractivity contribution in [2.45, 2.75) is 13.3 Å². The van der Waals surface area contributed by atoms with Crippen LogP contribution in [0, 0.1) is 23.2 Å². The van der Waals surface area contributed by atoms with Gasteiger partial charge in [0.05, 0.1) is 11.3 Å². The molecule has 0 aromatic heterocycles. The molecule has 3 heteroatoms. The third kappa shape index (κ3) is 0.598. The van der Waals surface area contributed by atoms with E-state index in [1.165, 1.54) is 0 Å². The molecule has 0 amide bonds. The Balaban J connectivity index is 2.17. The molecule has 13 heavy (non-hydrogen) atoms. The summed E-state index contributed by atoms with van der Waals surface area (Å²) in [5.41, 5.74) is -0.545. The number of cyclic esters (lactones) is 2. The van der Waals surface area contributed by atoms with Crippen LogP contribution in [0.3, 0.4) is 0 Å². The van der Waals surface area contributed by atoms with Crippen molar-refractivity contribution in [3.8, 4) is 0 Å². The lowest BCUT2D eigenvalue weighted by molar-refractivity contribution is -0.156. The van der Waals surface area contributed by atoms with Crippen molar-refractivity contribution in [1.82, 2.24) is 0 Å². The van der Waals surface area contributed by atoms with Crippen LogP contribution in [-0.2, 0) is 14.3 Å². The molecule has 2 aliphatic carbocycles. The highest BCUT2D eigenvalue weighted by atomic mass is 16.6. The van der Waals surface area contributed by atoms with Gasteiger partial charge in [0, 0.05) is 0 Å². The lowest BCUT2D eigenvalue weighted by atomic mass is 9.72. The SMILES string of the molecule is C[C@@]12C(=O)OC(=O)[C@H]1[C@H]1C=C[C@@H]2C1. The second kappa shape index (κ2) is 1.86. The van der Waals surface area contributed by atoms with Crippen molar-refractivity contribution in [3.63, 3.8) is 0 Å². The van der Waals surface area contributed by atoms with Crippen molar-refractivity contribution in [3.05, 3.63) is 12.2 Å². The average molecular weight is 178 g/mol. The number of fused-ring (bicyclic) bond motifs is 5. The van der Waals surface area contributed by atoms with E-state index in [1.54, 1.807) is 0 Å². The molecule has 0 unspecified atom stereocenters. The molecule has 0 aromatic rings. The van der Waals surface area contributed by atoms with Crippen LogP contribution in [0.1, 0.15) is 13.3 Å². The molecule has 0 radical (unpaired) electrons. The summed E-state index contributed by atoms with van der Waals surface area (Å²) in [5.74, 6) is -0.367. The molecule has 4 atom stereocenters. The average Bonchev–Trinajstić information content (AvgIpc) is 2.66.